The quantitative estimate of drug-likeness (QED) is 0.686. The van der Waals surface area contributed by atoms with Gasteiger partial charge in [-0.2, -0.15) is 0 Å². The van der Waals surface area contributed by atoms with E-state index in [2.05, 4.69) is 15.6 Å². The SMILES string of the molecule is CCNS(=O)(=O)c1ccc(C(=O)NNC(=O)c2cccc(Cl)c2)cc1. The van der Waals surface area contributed by atoms with E-state index in [9.17, 15) is 18.0 Å². The molecule has 0 fully saturated rings. The highest BCUT2D eigenvalue weighted by Crippen LogP contribution is 2.11. The minimum absolute atomic E-state index is 0.0499. The van der Waals surface area contributed by atoms with Gasteiger partial charge >= 0.3 is 0 Å². The molecule has 0 saturated heterocycles. The molecule has 0 atom stereocenters. The van der Waals surface area contributed by atoms with Gasteiger partial charge in [-0.15, -0.1) is 0 Å². The summed E-state index contributed by atoms with van der Waals surface area (Å²) in [6.07, 6.45) is 0. The number of rotatable bonds is 5. The van der Waals surface area contributed by atoms with E-state index in [1.807, 2.05) is 0 Å². The fourth-order valence-corrected chi connectivity index (χ4v) is 3.18. The van der Waals surface area contributed by atoms with Crippen LogP contribution in [-0.4, -0.2) is 26.8 Å². The second kappa shape index (κ2) is 8.11. The molecule has 25 heavy (non-hydrogen) atoms. The number of carbonyl (C=O) groups is 2. The maximum Gasteiger partial charge on any atom is 0.269 e. The number of hydrogen-bond acceptors (Lipinski definition) is 4. The second-order valence-electron chi connectivity index (χ2n) is 4.94. The molecule has 0 aromatic heterocycles. The van der Waals surface area contributed by atoms with Crippen molar-refractivity contribution in [3.05, 3.63) is 64.7 Å². The number of hydrogen-bond donors (Lipinski definition) is 3. The molecule has 2 aromatic rings. The Bertz CT molecular complexity index is 883. The Morgan fingerprint density at radius 2 is 1.56 bits per heavy atom. The third-order valence-corrected chi connectivity index (χ3v) is 4.93. The minimum Gasteiger partial charge on any atom is -0.267 e. The standard InChI is InChI=1S/C16H16ClN3O4S/c1-2-18-25(23,24)14-8-6-11(7-9-14)15(21)19-20-16(22)12-4-3-5-13(17)10-12/h3-10,18H,2H2,1H3,(H,19,21)(H,20,22). The van der Waals surface area contributed by atoms with E-state index in [-0.39, 0.29) is 17.0 Å². The van der Waals surface area contributed by atoms with Gasteiger partial charge in [-0.3, -0.25) is 20.4 Å². The Hall–Kier alpha value is -2.42. The predicted octanol–water partition coefficient (Wildman–Crippen LogP) is 1.71. The fraction of sp³-hybridized carbons (Fsp3) is 0.125. The third-order valence-electron chi connectivity index (χ3n) is 3.14. The Labute approximate surface area is 150 Å². The second-order valence-corrected chi connectivity index (χ2v) is 7.15. The van der Waals surface area contributed by atoms with E-state index in [4.69, 9.17) is 11.6 Å². The van der Waals surface area contributed by atoms with Crippen LogP contribution in [0.3, 0.4) is 0 Å². The van der Waals surface area contributed by atoms with Crippen LogP contribution in [0.1, 0.15) is 27.6 Å². The van der Waals surface area contributed by atoms with Gasteiger partial charge in [0.2, 0.25) is 10.0 Å². The molecular weight excluding hydrogens is 366 g/mol. The number of benzene rings is 2. The maximum absolute atomic E-state index is 12.0. The van der Waals surface area contributed by atoms with Gasteiger partial charge in [0.1, 0.15) is 0 Å². The first-order valence-corrected chi connectivity index (χ1v) is 9.15. The van der Waals surface area contributed by atoms with Crippen LogP contribution in [0.4, 0.5) is 0 Å². The molecule has 0 saturated carbocycles. The third kappa shape index (κ3) is 5.02. The summed E-state index contributed by atoms with van der Waals surface area (Å²) in [7, 11) is -3.58. The van der Waals surface area contributed by atoms with Crippen molar-refractivity contribution in [1.29, 1.82) is 0 Å². The van der Waals surface area contributed by atoms with Crippen molar-refractivity contribution in [3.63, 3.8) is 0 Å². The Balaban J connectivity index is 2.00. The normalized spacial score (nSPS) is 11.0. The Kier molecular flexibility index (Phi) is 6.13. The lowest BCUT2D eigenvalue weighted by atomic mass is 10.2. The summed E-state index contributed by atoms with van der Waals surface area (Å²) in [5, 5.41) is 0.400. The van der Waals surface area contributed by atoms with Gasteiger partial charge in [-0.05, 0) is 42.5 Å². The lowest BCUT2D eigenvalue weighted by molar-refractivity contribution is 0.0846. The Morgan fingerprint density at radius 3 is 2.12 bits per heavy atom. The molecule has 0 spiro atoms. The predicted molar refractivity (Wildman–Crippen MR) is 93.7 cm³/mol. The van der Waals surface area contributed by atoms with Crippen LogP contribution < -0.4 is 15.6 Å². The highest BCUT2D eigenvalue weighted by Gasteiger charge is 2.14. The summed E-state index contributed by atoms with van der Waals surface area (Å²) >= 11 is 5.80. The highest BCUT2D eigenvalue weighted by atomic mass is 35.5. The summed E-state index contributed by atoms with van der Waals surface area (Å²) in [5.41, 5.74) is 5.00. The van der Waals surface area contributed by atoms with Gasteiger partial charge in [-0.1, -0.05) is 24.6 Å². The summed E-state index contributed by atoms with van der Waals surface area (Å²) in [6.45, 7) is 1.93. The van der Waals surface area contributed by atoms with E-state index < -0.39 is 21.8 Å². The number of hydrazine groups is 1. The van der Waals surface area contributed by atoms with Crippen molar-refractivity contribution in [2.75, 3.05) is 6.54 Å². The van der Waals surface area contributed by atoms with Crippen LogP contribution in [-0.2, 0) is 10.0 Å². The van der Waals surface area contributed by atoms with Crippen LogP contribution in [0.5, 0.6) is 0 Å². The smallest absolute Gasteiger partial charge is 0.267 e. The first kappa shape index (κ1) is 18.9. The van der Waals surface area contributed by atoms with E-state index in [0.29, 0.717) is 10.6 Å². The van der Waals surface area contributed by atoms with Crippen molar-refractivity contribution in [1.82, 2.24) is 15.6 Å². The van der Waals surface area contributed by atoms with Crippen LogP contribution in [0.2, 0.25) is 5.02 Å². The van der Waals surface area contributed by atoms with E-state index >= 15 is 0 Å². The maximum atomic E-state index is 12.0. The molecule has 0 heterocycles. The first-order valence-electron chi connectivity index (χ1n) is 7.29. The van der Waals surface area contributed by atoms with Gasteiger partial charge in [0.25, 0.3) is 11.8 Å². The van der Waals surface area contributed by atoms with Gasteiger partial charge in [0.15, 0.2) is 0 Å². The summed E-state index contributed by atoms with van der Waals surface area (Å²) in [5.74, 6) is -1.11. The monoisotopic (exact) mass is 381 g/mol. The van der Waals surface area contributed by atoms with Gasteiger partial charge in [-0.25, -0.2) is 13.1 Å². The number of amides is 2. The molecule has 0 bridgehead atoms. The lowest BCUT2D eigenvalue weighted by Crippen LogP contribution is -2.41. The first-order chi connectivity index (χ1) is 11.8. The van der Waals surface area contributed by atoms with Gasteiger partial charge in [0.05, 0.1) is 4.90 Å². The molecule has 0 aliphatic heterocycles. The van der Waals surface area contributed by atoms with Crippen LogP contribution in [0.25, 0.3) is 0 Å². The summed E-state index contributed by atoms with van der Waals surface area (Å²) < 4.78 is 26.0. The zero-order valence-corrected chi connectivity index (χ0v) is 14.8. The van der Waals surface area contributed by atoms with Crippen LogP contribution in [0, 0.1) is 0 Å². The van der Waals surface area contributed by atoms with E-state index in [1.165, 1.54) is 30.3 Å². The van der Waals surface area contributed by atoms with Crippen molar-refractivity contribution in [2.24, 2.45) is 0 Å². The topological polar surface area (TPSA) is 104 Å². The zero-order valence-electron chi connectivity index (χ0n) is 13.2. The molecule has 2 aromatic carbocycles. The number of halogens is 1. The average Bonchev–Trinajstić information content (AvgIpc) is 2.59. The van der Waals surface area contributed by atoms with E-state index in [1.54, 1.807) is 25.1 Å². The van der Waals surface area contributed by atoms with Gasteiger partial charge in [0, 0.05) is 22.7 Å². The number of carbonyl (C=O) groups excluding carboxylic acids is 2. The van der Waals surface area contributed by atoms with Gasteiger partial charge < -0.3 is 0 Å². The molecule has 7 nitrogen and oxygen atoms in total. The zero-order chi connectivity index (χ0) is 18.4. The van der Waals surface area contributed by atoms with Crippen molar-refractivity contribution in [2.45, 2.75) is 11.8 Å². The molecule has 2 rings (SSSR count). The number of sulfonamides is 1. The molecular formula is C16H16ClN3O4S. The van der Waals surface area contributed by atoms with E-state index in [0.717, 1.165) is 0 Å². The molecule has 9 heteroatoms. The van der Waals surface area contributed by atoms with Crippen molar-refractivity contribution in [3.8, 4) is 0 Å². The largest absolute Gasteiger partial charge is 0.269 e. The molecule has 3 N–H and O–H groups in total. The molecule has 0 aliphatic carbocycles. The average molecular weight is 382 g/mol. The Morgan fingerprint density at radius 1 is 0.960 bits per heavy atom. The molecule has 132 valence electrons. The minimum atomic E-state index is -3.58. The molecule has 0 radical (unpaired) electrons. The molecule has 2 amide bonds. The van der Waals surface area contributed by atoms with Crippen LogP contribution in [0.15, 0.2) is 53.4 Å². The lowest BCUT2D eigenvalue weighted by Gasteiger charge is -2.09. The van der Waals surface area contributed by atoms with Crippen molar-refractivity contribution < 1.29 is 18.0 Å². The van der Waals surface area contributed by atoms with Crippen molar-refractivity contribution >= 4 is 33.4 Å². The highest BCUT2D eigenvalue weighted by molar-refractivity contribution is 7.89. The summed E-state index contributed by atoms with van der Waals surface area (Å²) in [6, 6.07) is 11.6. The molecule has 0 unspecified atom stereocenters. The fourth-order valence-electron chi connectivity index (χ4n) is 1.95. The molecule has 0 aliphatic rings. The summed E-state index contributed by atoms with van der Waals surface area (Å²) in [4.78, 5) is 24.0. The van der Waals surface area contributed by atoms with Crippen LogP contribution >= 0.6 is 11.6 Å². The number of nitrogens with one attached hydrogen (secondary N) is 3.